The minimum atomic E-state index is -3.00. The highest BCUT2D eigenvalue weighted by atomic mass is 32.2. The number of hydrogen-bond acceptors (Lipinski definition) is 4. The number of carbonyl (C=O) groups is 1. The van der Waals surface area contributed by atoms with Gasteiger partial charge >= 0.3 is 0 Å². The number of carbonyl (C=O) groups excluding carboxylic acids is 1. The highest BCUT2D eigenvalue weighted by Crippen LogP contribution is 2.19. The largest absolute Gasteiger partial charge is 0.463 e. The Kier molecular flexibility index (Phi) is 5.24. The second-order valence-corrected chi connectivity index (χ2v) is 8.63. The van der Waals surface area contributed by atoms with E-state index < -0.39 is 9.84 Å². The van der Waals surface area contributed by atoms with Crippen LogP contribution in [0.1, 0.15) is 23.8 Å². The summed E-state index contributed by atoms with van der Waals surface area (Å²) in [5, 5.41) is 1.93. The van der Waals surface area contributed by atoms with Crippen LogP contribution in [0.2, 0.25) is 0 Å². The summed E-state index contributed by atoms with van der Waals surface area (Å²) in [6.07, 6.45) is 2.14. The fourth-order valence-electron chi connectivity index (χ4n) is 3.19. The van der Waals surface area contributed by atoms with Crippen molar-refractivity contribution >= 4 is 15.7 Å². The lowest BCUT2D eigenvalue weighted by molar-refractivity contribution is -0.679. The Balaban J connectivity index is 1.66. The summed E-state index contributed by atoms with van der Waals surface area (Å²) in [6.45, 7) is 0.229. The zero-order chi connectivity index (χ0) is 17.9. The van der Waals surface area contributed by atoms with Gasteiger partial charge in [-0.1, -0.05) is 30.3 Å². The molecule has 0 saturated carbocycles. The molecule has 0 spiro atoms. The normalized spacial score (nSPS) is 20.3. The molecule has 1 fully saturated rings. The van der Waals surface area contributed by atoms with Gasteiger partial charge in [0.05, 0.1) is 17.8 Å². The molecule has 1 aromatic carbocycles. The average Bonchev–Trinajstić information content (AvgIpc) is 3.25. The summed E-state index contributed by atoms with van der Waals surface area (Å²) >= 11 is 0. The molecule has 0 bridgehead atoms. The van der Waals surface area contributed by atoms with E-state index in [0.29, 0.717) is 6.42 Å². The van der Waals surface area contributed by atoms with Crippen LogP contribution in [-0.4, -0.2) is 50.4 Å². The first-order valence-corrected chi connectivity index (χ1v) is 10.2. The summed E-state index contributed by atoms with van der Waals surface area (Å²) in [7, 11) is -1.32. The van der Waals surface area contributed by atoms with Crippen molar-refractivity contribution in [3.05, 3.63) is 60.1 Å². The van der Waals surface area contributed by atoms with Gasteiger partial charge in [-0.2, -0.15) is 0 Å². The van der Waals surface area contributed by atoms with Crippen LogP contribution in [-0.2, 0) is 14.6 Å². The number of nitrogens with zero attached hydrogens (tertiary/aromatic N) is 1. The summed E-state index contributed by atoms with van der Waals surface area (Å²) < 4.78 is 28.8. The van der Waals surface area contributed by atoms with Crippen LogP contribution in [0.15, 0.2) is 53.1 Å². The SMILES string of the molecule is CN(C(=O)C[NH2+][C@@H](c1ccccc1)c1ccco1)[C@@H]1CCS(=O)(=O)C1. The number of nitrogens with two attached hydrogens (primary N) is 1. The summed E-state index contributed by atoms with van der Waals surface area (Å²) in [5.41, 5.74) is 1.05. The first kappa shape index (κ1) is 17.7. The van der Waals surface area contributed by atoms with Gasteiger partial charge in [0.1, 0.15) is 0 Å². The Labute approximate surface area is 147 Å². The number of quaternary nitrogens is 1. The van der Waals surface area contributed by atoms with Gasteiger partial charge in [-0.25, -0.2) is 8.42 Å². The topological polar surface area (TPSA) is 84.2 Å². The van der Waals surface area contributed by atoms with Crippen LogP contribution >= 0.6 is 0 Å². The highest BCUT2D eigenvalue weighted by Gasteiger charge is 2.33. The lowest BCUT2D eigenvalue weighted by Gasteiger charge is -2.23. The molecule has 2 N–H and O–H groups in total. The standard InChI is InChI=1S/C18H22N2O4S/c1-20(15-9-11-25(22,23)13-15)17(21)12-19-18(16-8-5-10-24-16)14-6-3-2-4-7-14/h2-8,10,15,18-19H,9,11-13H2,1H3/p+1/t15-,18+/m1/s1. The van der Waals surface area contributed by atoms with E-state index in [2.05, 4.69) is 0 Å². The summed E-state index contributed by atoms with van der Waals surface area (Å²) in [5.74, 6) is 0.938. The Morgan fingerprint density at radius 3 is 2.64 bits per heavy atom. The molecule has 2 atom stereocenters. The minimum absolute atomic E-state index is 0.0650. The molecule has 1 aliphatic heterocycles. The van der Waals surface area contributed by atoms with E-state index in [1.54, 1.807) is 18.2 Å². The second kappa shape index (κ2) is 7.41. The monoisotopic (exact) mass is 363 g/mol. The Morgan fingerprint density at radius 1 is 1.28 bits per heavy atom. The van der Waals surface area contributed by atoms with Crippen molar-refractivity contribution in [2.24, 2.45) is 0 Å². The van der Waals surface area contributed by atoms with Crippen LogP contribution in [0.4, 0.5) is 0 Å². The molecule has 1 aliphatic rings. The Bertz CT molecular complexity index is 803. The number of likely N-dealkylation sites (N-methyl/N-ethyl adjacent to an activating group) is 1. The predicted molar refractivity (Wildman–Crippen MR) is 93.6 cm³/mol. The molecule has 2 aromatic rings. The van der Waals surface area contributed by atoms with Gasteiger partial charge in [0.25, 0.3) is 5.91 Å². The van der Waals surface area contributed by atoms with Crippen LogP contribution in [0.5, 0.6) is 0 Å². The van der Waals surface area contributed by atoms with Gasteiger partial charge in [0.2, 0.25) is 0 Å². The molecule has 1 saturated heterocycles. The maximum Gasteiger partial charge on any atom is 0.277 e. The lowest BCUT2D eigenvalue weighted by atomic mass is 10.0. The average molecular weight is 363 g/mol. The molecule has 3 rings (SSSR count). The maximum atomic E-state index is 12.5. The number of hydrogen-bond donors (Lipinski definition) is 1. The molecule has 7 heteroatoms. The van der Waals surface area contributed by atoms with Crippen molar-refractivity contribution in [1.29, 1.82) is 0 Å². The number of sulfone groups is 1. The number of benzene rings is 1. The number of amides is 1. The Hall–Kier alpha value is -2.12. The van der Waals surface area contributed by atoms with Crippen LogP contribution in [0, 0.1) is 0 Å². The molecule has 0 radical (unpaired) electrons. The maximum absolute atomic E-state index is 12.5. The first-order chi connectivity index (χ1) is 12.0. The molecule has 25 heavy (non-hydrogen) atoms. The van der Waals surface area contributed by atoms with Gasteiger partial charge in [-0.3, -0.25) is 4.79 Å². The zero-order valence-corrected chi connectivity index (χ0v) is 15.0. The second-order valence-electron chi connectivity index (χ2n) is 6.41. The van der Waals surface area contributed by atoms with E-state index in [0.717, 1.165) is 11.3 Å². The molecule has 1 amide bonds. The van der Waals surface area contributed by atoms with E-state index in [-0.39, 0.29) is 36.0 Å². The van der Waals surface area contributed by atoms with Gasteiger partial charge < -0.3 is 14.6 Å². The van der Waals surface area contributed by atoms with Crippen molar-refractivity contribution in [3.63, 3.8) is 0 Å². The van der Waals surface area contributed by atoms with Gasteiger partial charge in [0, 0.05) is 18.7 Å². The van der Waals surface area contributed by atoms with Gasteiger partial charge in [0.15, 0.2) is 28.2 Å². The zero-order valence-electron chi connectivity index (χ0n) is 14.2. The molecular weight excluding hydrogens is 340 g/mol. The molecular formula is C18H23N2O4S+. The third-order valence-electron chi connectivity index (χ3n) is 4.69. The van der Waals surface area contributed by atoms with E-state index in [1.165, 1.54) is 0 Å². The first-order valence-electron chi connectivity index (χ1n) is 8.34. The molecule has 0 unspecified atom stereocenters. The molecule has 1 aromatic heterocycles. The summed E-state index contributed by atoms with van der Waals surface area (Å²) in [4.78, 5) is 14.1. The minimum Gasteiger partial charge on any atom is -0.463 e. The predicted octanol–water partition coefficient (Wildman–Crippen LogP) is 0.578. The summed E-state index contributed by atoms with van der Waals surface area (Å²) in [6, 6.07) is 13.3. The highest BCUT2D eigenvalue weighted by molar-refractivity contribution is 7.91. The van der Waals surface area contributed by atoms with Crippen LogP contribution in [0.25, 0.3) is 0 Å². The van der Waals surface area contributed by atoms with Gasteiger partial charge in [-0.05, 0) is 18.6 Å². The fourth-order valence-corrected chi connectivity index (χ4v) is 4.97. The van der Waals surface area contributed by atoms with Crippen molar-refractivity contribution in [2.45, 2.75) is 18.5 Å². The van der Waals surface area contributed by atoms with Crippen molar-refractivity contribution < 1.29 is 22.9 Å². The number of furan rings is 1. The van der Waals surface area contributed by atoms with Crippen molar-refractivity contribution in [2.75, 3.05) is 25.1 Å². The van der Waals surface area contributed by atoms with E-state index in [1.807, 2.05) is 47.8 Å². The molecule has 6 nitrogen and oxygen atoms in total. The molecule has 0 aliphatic carbocycles. The van der Waals surface area contributed by atoms with E-state index >= 15 is 0 Å². The van der Waals surface area contributed by atoms with Gasteiger partial charge in [-0.15, -0.1) is 0 Å². The third kappa shape index (κ3) is 4.29. The van der Waals surface area contributed by atoms with Crippen LogP contribution < -0.4 is 5.32 Å². The van der Waals surface area contributed by atoms with E-state index in [4.69, 9.17) is 4.42 Å². The molecule has 2 heterocycles. The lowest BCUT2D eigenvalue weighted by Crippen LogP contribution is -2.87. The quantitative estimate of drug-likeness (QED) is 0.814. The third-order valence-corrected chi connectivity index (χ3v) is 6.44. The van der Waals surface area contributed by atoms with E-state index in [9.17, 15) is 13.2 Å². The molecule has 134 valence electrons. The fraction of sp³-hybridized carbons (Fsp3) is 0.389. The van der Waals surface area contributed by atoms with Crippen molar-refractivity contribution in [1.82, 2.24) is 4.90 Å². The van der Waals surface area contributed by atoms with Crippen LogP contribution in [0.3, 0.4) is 0 Å². The number of rotatable bonds is 6. The Morgan fingerprint density at radius 2 is 2.04 bits per heavy atom. The van der Waals surface area contributed by atoms with Crippen molar-refractivity contribution in [3.8, 4) is 0 Å². The smallest absolute Gasteiger partial charge is 0.277 e.